The van der Waals surface area contributed by atoms with Crippen molar-refractivity contribution in [1.29, 1.82) is 0 Å². The number of aryl methyl sites for hydroxylation is 2. The predicted octanol–water partition coefficient (Wildman–Crippen LogP) is 9.55. The molecule has 2 aliphatic carbocycles. The molecule has 0 N–H and O–H groups in total. The second-order valence-corrected chi connectivity index (χ2v) is 27.9. The van der Waals surface area contributed by atoms with Gasteiger partial charge in [-0.15, -0.1) is 24.8 Å². The zero-order chi connectivity index (χ0) is 30.1. The molecular formula is C41H48Cl2Zr. The number of hydrogen-bond donors (Lipinski definition) is 0. The van der Waals surface area contributed by atoms with E-state index in [1.165, 1.54) is 54.3 Å². The minimum absolute atomic E-state index is 0. The van der Waals surface area contributed by atoms with Gasteiger partial charge in [0.05, 0.1) is 0 Å². The summed E-state index contributed by atoms with van der Waals surface area (Å²) in [4.78, 5) is 0. The van der Waals surface area contributed by atoms with E-state index in [2.05, 4.69) is 152 Å². The number of fused-ring (bicyclic) bond motifs is 3. The molecule has 0 spiro atoms. The van der Waals surface area contributed by atoms with Crippen LogP contribution < -0.4 is 9.81 Å². The molecule has 0 saturated heterocycles. The Morgan fingerprint density at radius 2 is 1.20 bits per heavy atom. The normalized spacial score (nSPS) is 14.3. The number of allylic oxidation sites excluding steroid dienone is 4. The molecule has 0 unspecified atom stereocenters. The Morgan fingerprint density at radius 1 is 0.659 bits per heavy atom. The van der Waals surface area contributed by atoms with Gasteiger partial charge >= 0.3 is 256 Å². The van der Waals surface area contributed by atoms with Crippen molar-refractivity contribution < 1.29 is 18.3 Å². The van der Waals surface area contributed by atoms with E-state index in [0.717, 1.165) is 12.8 Å². The van der Waals surface area contributed by atoms with Gasteiger partial charge in [0.2, 0.25) is 0 Å². The average molecular weight is 703 g/mol. The second-order valence-electron chi connectivity index (χ2n) is 15.1. The van der Waals surface area contributed by atoms with Gasteiger partial charge in [0.25, 0.3) is 0 Å². The summed E-state index contributed by atoms with van der Waals surface area (Å²) in [6.45, 7) is 18.5. The van der Waals surface area contributed by atoms with E-state index in [4.69, 9.17) is 4.21 Å². The fourth-order valence-corrected chi connectivity index (χ4v) is 24.3. The maximum absolute atomic E-state index is 5.73. The molecule has 0 fully saturated rings. The standard InChI is InChI=1S/C21H25.2C7H7.C5H5.CH2.2ClH.Zr/c1-20(2,3)16-7-9-18-14(12-16)11-15-13-17(21(4,5)6)8-10-19(15)18;2*1-7-5-3-2-4-6-7;1-2-4-5-3-1;;;;/h7-10,12H,11H2,1-6H3;2*3-6H,1H3;1-3H,4H2;1H2;2*1H;. The Bertz CT molecular complexity index is 1790. The third-order valence-corrected chi connectivity index (χ3v) is 26.6. The number of halogens is 2. The summed E-state index contributed by atoms with van der Waals surface area (Å²) < 4.78 is 11.7. The Hall–Kier alpha value is -2.31. The average Bonchev–Trinajstić information content (AvgIpc) is 3.60. The van der Waals surface area contributed by atoms with E-state index in [-0.39, 0.29) is 35.6 Å². The molecule has 2 aliphatic rings. The van der Waals surface area contributed by atoms with Crippen LogP contribution in [0.15, 0.2) is 100 Å². The van der Waals surface area contributed by atoms with Gasteiger partial charge in [0.1, 0.15) is 0 Å². The number of hydrogen-bond acceptors (Lipinski definition) is 0. The molecule has 4 aromatic rings. The molecule has 0 aliphatic heterocycles. The first-order chi connectivity index (χ1) is 19.7. The molecule has 0 nitrogen and oxygen atoms in total. The van der Waals surface area contributed by atoms with Crippen molar-refractivity contribution in [2.45, 2.75) is 79.1 Å². The topological polar surface area (TPSA) is 0 Å². The van der Waals surface area contributed by atoms with Crippen molar-refractivity contribution in [2.75, 3.05) is 0 Å². The summed E-state index contributed by atoms with van der Waals surface area (Å²) in [6.07, 6.45) is 8.99. The van der Waals surface area contributed by atoms with Crippen LogP contribution in [0.25, 0.3) is 11.1 Å². The number of benzene rings is 4. The Balaban J connectivity index is 0.00000221. The first kappa shape index (κ1) is 34.6. The third-order valence-electron chi connectivity index (χ3n) is 10.2. The summed E-state index contributed by atoms with van der Waals surface area (Å²) in [5.74, 6) is 0. The van der Waals surface area contributed by atoms with E-state index in [9.17, 15) is 0 Å². The van der Waals surface area contributed by atoms with Crippen LogP contribution in [-0.4, -0.2) is 4.21 Å². The van der Waals surface area contributed by atoms with E-state index in [1.54, 1.807) is 3.27 Å². The molecule has 0 radical (unpaired) electrons. The summed E-state index contributed by atoms with van der Waals surface area (Å²) >= 11 is -4.79. The van der Waals surface area contributed by atoms with Crippen LogP contribution in [0.5, 0.6) is 0 Å². The molecule has 0 heterocycles. The molecule has 0 bridgehead atoms. The van der Waals surface area contributed by atoms with E-state index < -0.39 is 18.3 Å². The molecule has 0 amide bonds. The molecule has 0 saturated carbocycles. The van der Waals surface area contributed by atoms with Gasteiger partial charge < -0.3 is 0 Å². The molecule has 0 aromatic heterocycles. The van der Waals surface area contributed by atoms with Gasteiger partial charge in [-0.3, -0.25) is 0 Å². The molecule has 44 heavy (non-hydrogen) atoms. The summed E-state index contributed by atoms with van der Waals surface area (Å²) in [5, 5.41) is 0. The van der Waals surface area contributed by atoms with Crippen LogP contribution in [0.4, 0.5) is 0 Å². The predicted molar refractivity (Wildman–Crippen MR) is 197 cm³/mol. The van der Waals surface area contributed by atoms with Crippen molar-refractivity contribution in [3.8, 4) is 11.1 Å². The number of rotatable bonds is 4. The van der Waals surface area contributed by atoms with Crippen molar-refractivity contribution in [3.63, 3.8) is 0 Å². The molecule has 4 aromatic carbocycles. The van der Waals surface area contributed by atoms with Crippen molar-refractivity contribution in [1.82, 2.24) is 0 Å². The monoisotopic (exact) mass is 700 g/mol. The molecule has 3 heteroatoms. The van der Waals surface area contributed by atoms with Crippen LogP contribution in [0.2, 0.25) is 0 Å². The summed E-state index contributed by atoms with van der Waals surface area (Å²) in [6, 6.07) is 31.1. The Morgan fingerprint density at radius 3 is 1.68 bits per heavy atom. The summed E-state index contributed by atoms with van der Waals surface area (Å²) in [5.41, 5.74) is 11.3. The fourth-order valence-electron chi connectivity index (χ4n) is 7.68. The molecular weight excluding hydrogens is 655 g/mol. The van der Waals surface area contributed by atoms with Gasteiger partial charge in [-0.05, 0) is 0 Å². The zero-order valence-electron chi connectivity index (χ0n) is 27.7. The van der Waals surface area contributed by atoms with Crippen LogP contribution in [0.3, 0.4) is 0 Å². The van der Waals surface area contributed by atoms with E-state index in [0.29, 0.717) is 0 Å². The second kappa shape index (κ2) is 11.8. The first-order valence-corrected chi connectivity index (χ1v) is 22.2. The van der Waals surface area contributed by atoms with Gasteiger partial charge in [0, 0.05) is 0 Å². The van der Waals surface area contributed by atoms with Gasteiger partial charge in [-0.1, -0.05) is 0 Å². The van der Waals surface area contributed by atoms with Gasteiger partial charge in [0.15, 0.2) is 0 Å². The fraction of sp³-hybridized carbons (Fsp3) is 0.293. The Labute approximate surface area is 279 Å². The van der Waals surface area contributed by atoms with Crippen molar-refractivity contribution >= 4 is 38.8 Å². The molecule has 0 atom stereocenters. The van der Waals surface area contributed by atoms with Crippen molar-refractivity contribution in [2.24, 2.45) is 0 Å². The van der Waals surface area contributed by atoms with Crippen LogP contribution in [0.1, 0.15) is 81.3 Å². The van der Waals surface area contributed by atoms with E-state index in [1.807, 2.05) is 0 Å². The molecule has 230 valence electrons. The van der Waals surface area contributed by atoms with Gasteiger partial charge in [-0.25, -0.2) is 0 Å². The quantitative estimate of drug-likeness (QED) is 0.175. The van der Waals surface area contributed by atoms with Crippen LogP contribution >= 0.6 is 24.8 Å². The van der Waals surface area contributed by atoms with Crippen LogP contribution in [0, 0.1) is 13.8 Å². The van der Waals surface area contributed by atoms with Crippen molar-refractivity contribution in [3.05, 3.63) is 134 Å². The minimum atomic E-state index is -4.79. The first-order valence-electron chi connectivity index (χ1n) is 15.6. The third kappa shape index (κ3) is 5.22. The van der Waals surface area contributed by atoms with Crippen LogP contribution in [-0.2, 0) is 35.5 Å². The SMILES string of the molecule is Cl.Cl.[CH2]=[Zr]([C]1=CC=CC1)([c]1ccc(C)cc1)([c]1ccc(C)cc1)[c]1c(C(C)(C)C)ccc2c1Cc1cc(C(C)(C)C)ccc1-2. The van der Waals surface area contributed by atoms with Gasteiger partial charge in [-0.2, -0.15) is 0 Å². The summed E-state index contributed by atoms with van der Waals surface area (Å²) in [7, 11) is 0. The van der Waals surface area contributed by atoms with E-state index >= 15 is 0 Å². The zero-order valence-corrected chi connectivity index (χ0v) is 31.8. The molecule has 6 rings (SSSR count). The Kier molecular flexibility index (Phi) is 9.27. The maximum atomic E-state index is 5.73.